The Morgan fingerprint density at radius 2 is 2.07 bits per heavy atom. The molecule has 0 N–H and O–H groups in total. The van der Waals surface area contributed by atoms with E-state index < -0.39 is 0 Å². The molecule has 3 aliphatic rings. The van der Waals surface area contributed by atoms with Gasteiger partial charge in [0.05, 0.1) is 11.8 Å². The summed E-state index contributed by atoms with van der Waals surface area (Å²) in [5, 5.41) is 0. The lowest BCUT2D eigenvalue weighted by atomic mass is 9.81. The summed E-state index contributed by atoms with van der Waals surface area (Å²) in [5.41, 5.74) is 1.11. The Kier molecular flexibility index (Phi) is 1.34. The van der Waals surface area contributed by atoms with Gasteiger partial charge in [0.15, 0.2) is 0 Å². The Bertz CT molecular complexity index is 380. The number of rotatable bonds is 1. The summed E-state index contributed by atoms with van der Waals surface area (Å²) in [4.78, 5) is 22.8. The molecule has 2 bridgehead atoms. The molecule has 0 aromatic carbocycles. The zero-order chi connectivity index (χ0) is 9.87. The van der Waals surface area contributed by atoms with Crippen LogP contribution >= 0.6 is 0 Å². The molecule has 3 nitrogen and oxygen atoms in total. The van der Waals surface area contributed by atoms with Gasteiger partial charge in [-0.05, 0) is 23.8 Å². The summed E-state index contributed by atoms with van der Waals surface area (Å²) in [6.07, 6.45) is 4.77. The molecule has 2 aliphatic carbocycles. The molecule has 1 aliphatic heterocycles. The first kappa shape index (κ1) is 7.97. The van der Waals surface area contributed by atoms with Gasteiger partial charge in [-0.25, -0.2) is 0 Å². The smallest absolute Gasteiger partial charge is 0.318 e. The molecule has 1 heterocycles. The van der Waals surface area contributed by atoms with Gasteiger partial charge in [-0.15, -0.1) is 0 Å². The molecule has 3 rings (SSSR count). The molecule has 0 spiro atoms. The first-order chi connectivity index (χ1) is 6.72. The fourth-order valence-electron chi connectivity index (χ4n) is 3.08. The minimum Gasteiger partial charge on any atom is -0.393 e. The molecule has 0 radical (unpaired) electrons. The first-order valence-corrected chi connectivity index (χ1v) is 4.82. The number of carbonyl (C=O) groups excluding carboxylic acids is 2. The highest BCUT2D eigenvalue weighted by atomic mass is 16.6. The number of cyclic esters (lactones) is 2. The van der Waals surface area contributed by atoms with Crippen LogP contribution in [0.2, 0.25) is 0 Å². The molecule has 0 aromatic heterocycles. The minimum atomic E-state index is -0.333. The molecule has 1 saturated heterocycles. The Morgan fingerprint density at radius 1 is 1.36 bits per heavy atom. The molecule has 3 heteroatoms. The van der Waals surface area contributed by atoms with Crippen LogP contribution in [0.5, 0.6) is 0 Å². The molecule has 0 aromatic rings. The van der Waals surface area contributed by atoms with Crippen molar-refractivity contribution in [2.45, 2.75) is 6.42 Å². The number of ether oxygens (including phenoxy) is 1. The molecule has 72 valence electrons. The molecule has 2 unspecified atom stereocenters. The minimum absolute atomic E-state index is 0.182. The zero-order valence-corrected chi connectivity index (χ0v) is 7.60. The Labute approximate surface area is 81.4 Å². The number of fused-ring (bicyclic) bond motifs is 5. The monoisotopic (exact) mass is 190 g/mol. The van der Waals surface area contributed by atoms with Crippen LogP contribution < -0.4 is 0 Å². The quantitative estimate of drug-likeness (QED) is 0.458. The van der Waals surface area contributed by atoms with E-state index in [4.69, 9.17) is 0 Å². The number of esters is 2. The van der Waals surface area contributed by atoms with Crippen molar-refractivity contribution in [2.75, 3.05) is 0 Å². The van der Waals surface area contributed by atoms with E-state index >= 15 is 0 Å². The van der Waals surface area contributed by atoms with E-state index in [-0.39, 0.29) is 35.6 Å². The highest BCUT2D eigenvalue weighted by molar-refractivity contribution is 5.98. The van der Waals surface area contributed by atoms with Crippen LogP contribution in [0, 0.1) is 23.7 Å². The van der Waals surface area contributed by atoms with Crippen molar-refractivity contribution in [1.29, 1.82) is 0 Å². The Morgan fingerprint density at radius 3 is 2.79 bits per heavy atom. The predicted molar refractivity (Wildman–Crippen MR) is 48.0 cm³/mol. The van der Waals surface area contributed by atoms with Crippen LogP contribution in [0.4, 0.5) is 0 Å². The zero-order valence-electron chi connectivity index (χ0n) is 7.60. The van der Waals surface area contributed by atoms with Gasteiger partial charge in [-0.2, -0.15) is 0 Å². The maximum atomic E-state index is 11.4. The van der Waals surface area contributed by atoms with Gasteiger partial charge in [0.25, 0.3) is 0 Å². The maximum Gasteiger partial charge on any atom is 0.318 e. The number of allylic oxidation sites excluding steroid dienone is 3. The Balaban J connectivity index is 2.06. The van der Waals surface area contributed by atoms with Crippen LogP contribution in [0.15, 0.2) is 24.3 Å². The third-order valence-electron chi connectivity index (χ3n) is 3.62. The van der Waals surface area contributed by atoms with Gasteiger partial charge in [0.2, 0.25) is 0 Å². The fourth-order valence-corrected chi connectivity index (χ4v) is 3.08. The fraction of sp³-hybridized carbons (Fsp3) is 0.455. The molecule has 0 amide bonds. The van der Waals surface area contributed by atoms with Gasteiger partial charge in [0.1, 0.15) is 0 Å². The third kappa shape index (κ3) is 0.733. The van der Waals surface area contributed by atoms with E-state index in [1.807, 2.05) is 0 Å². The summed E-state index contributed by atoms with van der Waals surface area (Å²) >= 11 is 0. The van der Waals surface area contributed by atoms with E-state index in [1.54, 1.807) is 6.08 Å². The summed E-state index contributed by atoms with van der Waals surface area (Å²) in [6, 6.07) is 0. The van der Waals surface area contributed by atoms with Gasteiger partial charge in [-0.3, -0.25) is 9.59 Å². The van der Waals surface area contributed by atoms with Gasteiger partial charge in [-0.1, -0.05) is 18.7 Å². The SMILES string of the molecule is C=CC1=CC2CC1[C@H]1C(=O)OC(=O)[C@@H]21. The van der Waals surface area contributed by atoms with Crippen molar-refractivity contribution in [3.63, 3.8) is 0 Å². The van der Waals surface area contributed by atoms with Crippen LogP contribution in [-0.4, -0.2) is 11.9 Å². The number of hydrogen-bond acceptors (Lipinski definition) is 3. The van der Waals surface area contributed by atoms with E-state index in [1.165, 1.54) is 0 Å². The van der Waals surface area contributed by atoms with Crippen LogP contribution in [0.25, 0.3) is 0 Å². The Hall–Kier alpha value is -1.38. The van der Waals surface area contributed by atoms with Crippen LogP contribution in [0.3, 0.4) is 0 Å². The van der Waals surface area contributed by atoms with Crippen molar-refractivity contribution >= 4 is 11.9 Å². The lowest BCUT2D eigenvalue weighted by molar-refractivity contribution is -0.154. The molecule has 4 atom stereocenters. The molecular weight excluding hydrogens is 180 g/mol. The highest BCUT2D eigenvalue weighted by Crippen LogP contribution is 2.54. The highest BCUT2D eigenvalue weighted by Gasteiger charge is 2.59. The van der Waals surface area contributed by atoms with Crippen molar-refractivity contribution in [3.05, 3.63) is 24.3 Å². The normalized spacial score (nSPS) is 43.6. The summed E-state index contributed by atoms with van der Waals surface area (Å²) < 4.78 is 4.66. The molecule has 2 fully saturated rings. The first-order valence-electron chi connectivity index (χ1n) is 4.82. The lowest BCUT2D eigenvalue weighted by Crippen LogP contribution is -2.23. The molecule has 14 heavy (non-hydrogen) atoms. The van der Waals surface area contributed by atoms with Crippen molar-refractivity contribution < 1.29 is 14.3 Å². The second-order valence-electron chi connectivity index (χ2n) is 4.17. The van der Waals surface area contributed by atoms with Crippen LogP contribution in [-0.2, 0) is 14.3 Å². The van der Waals surface area contributed by atoms with Crippen molar-refractivity contribution in [3.8, 4) is 0 Å². The predicted octanol–water partition coefficient (Wildman–Crippen LogP) is 1.06. The van der Waals surface area contributed by atoms with E-state index in [0.29, 0.717) is 0 Å². The van der Waals surface area contributed by atoms with Gasteiger partial charge < -0.3 is 4.74 Å². The summed E-state index contributed by atoms with van der Waals surface area (Å²) in [5.74, 6) is -0.688. The number of carbonyl (C=O) groups is 2. The topological polar surface area (TPSA) is 43.4 Å². The van der Waals surface area contributed by atoms with E-state index in [9.17, 15) is 9.59 Å². The standard InChI is InChI=1S/C11H10O3/c1-2-5-3-6-4-7(5)9-8(6)10(12)14-11(9)13/h2-3,6-9H,1,4H2/t6?,7?,8-,9+/m0/s1. The third-order valence-corrected chi connectivity index (χ3v) is 3.62. The maximum absolute atomic E-state index is 11.4. The molecular formula is C11H10O3. The average Bonchev–Trinajstić information content (AvgIpc) is 2.78. The van der Waals surface area contributed by atoms with Crippen molar-refractivity contribution in [2.24, 2.45) is 23.7 Å². The number of hydrogen-bond donors (Lipinski definition) is 0. The average molecular weight is 190 g/mol. The molecule has 1 saturated carbocycles. The van der Waals surface area contributed by atoms with Gasteiger partial charge in [0, 0.05) is 0 Å². The van der Waals surface area contributed by atoms with Gasteiger partial charge >= 0.3 is 11.9 Å². The largest absolute Gasteiger partial charge is 0.393 e. The second kappa shape index (κ2) is 2.35. The lowest BCUT2D eigenvalue weighted by Gasteiger charge is -2.17. The summed E-state index contributed by atoms with van der Waals surface area (Å²) in [6.45, 7) is 3.71. The van der Waals surface area contributed by atoms with Crippen molar-refractivity contribution in [1.82, 2.24) is 0 Å². The van der Waals surface area contributed by atoms with E-state index in [2.05, 4.69) is 17.4 Å². The van der Waals surface area contributed by atoms with Crippen LogP contribution in [0.1, 0.15) is 6.42 Å². The van der Waals surface area contributed by atoms with E-state index in [0.717, 1.165) is 12.0 Å². The summed E-state index contributed by atoms with van der Waals surface area (Å²) in [7, 11) is 0. The second-order valence-corrected chi connectivity index (χ2v) is 4.17.